The summed E-state index contributed by atoms with van der Waals surface area (Å²) in [5.41, 5.74) is 2.65. The Labute approximate surface area is 126 Å². The van der Waals surface area contributed by atoms with Crippen LogP contribution >= 0.6 is 0 Å². The number of rotatable bonds is 2. The van der Waals surface area contributed by atoms with Gasteiger partial charge in [-0.1, -0.05) is 38.0 Å². The molecule has 0 aliphatic heterocycles. The molecule has 0 spiro atoms. The predicted molar refractivity (Wildman–Crippen MR) is 84.1 cm³/mol. The summed E-state index contributed by atoms with van der Waals surface area (Å²) in [6.45, 7) is 5.97. The molecule has 1 aromatic carbocycles. The minimum Gasteiger partial charge on any atom is -0.345 e. The number of amides is 2. The fourth-order valence-corrected chi connectivity index (χ4v) is 2.95. The lowest BCUT2D eigenvalue weighted by Gasteiger charge is -2.29. The van der Waals surface area contributed by atoms with E-state index in [9.17, 15) is 9.59 Å². The number of anilines is 1. The van der Waals surface area contributed by atoms with Crippen LogP contribution in [0.5, 0.6) is 0 Å². The van der Waals surface area contributed by atoms with Crippen molar-refractivity contribution in [2.75, 3.05) is 5.32 Å². The highest BCUT2D eigenvalue weighted by Crippen LogP contribution is 2.24. The number of hydrogen-bond acceptors (Lipinski definition) is 2. The molecule has 0 heterocycles. The smallest absolute Gasteiger partial charge is 0.313 e. The van der Waals surface area contributed by atoms with Crippen LogP contribution in [-0.4, -0.2) is 17.9 Å². The Balaban J connectivity index is 1.98. The van der Waals surface area contributed by atoms with E-state index in [1.165, 1.54) is 6.42 Å². The number of para-hydroxylation sites is 1. The van der Waals surface area contributed by atoms with Crippen LogP contribution in [0.25, 0.3) is 0 Å². The summed E-state index contributed by atoms with van der Waals surface area (Å²) in [5, 5.41) is 5.61. The van der Waals surface area contributed by atoms with Gasteiger partial charge >= 0.3 is 11.8 Å². The van der Waals surface area contributed by atoms with Gasteiger partial charge in [0.2, 0.25) is 0 Å². The van der Waals surface area contributed by atoms with Gasteiger partial charge in [-0.25, -0.2) is 0 Å². The van der Waals surface area contributed by atoms with E-state index in [1.54, 1.807) is 0 Å². The Morgan fingerprint density at radius 3 is 2.29 bits per heavy atom. The van der Waals surface area contributed by atoms with Crippen molar-refractivity contribution >= 4 is 17.5 Å². The van der Waals surface area contributed by atoms with E-state index in [-0.39, 0.29) is 6.04 Å². The Hall–Kier alpha value is -1.84. The van der Waals surface area contributed by atoms with Gasteiger partial charge < -0.3 is 10.6 Å². The second-order valence-electron chi connectivity index (χ2n) is 6.06. The number of carbonyl (C=O) groups is 2. The summed E-state index contributed by atoms with van der Waals surface area (Å²) >= 11 is 0. The van der Waals surface area contributed by atoms with Crippen LogP contribution in [-0.2, 0) is 9.59 Å². The highest BCUT2D eigenvalue weighted by molar-refractivity contribution is 6.39. The number of carbonyl (C=O) groups excluding carboxylic acids is 2. The number of benzene rings is 1. The lowest BCUT2D eigenvalue weighted by Crippen LogP contribution is -2.45. The molecule has 21 heavy (non-hydrogen) atoms. The number of nitrogens with one attached hydrogen (secondary N) is 2. The van der Waals surface area contributed by atoms with Gasteiger partial charge in [0.15, 0.2) is 0 Å². The van der Waals surface area contributed by atoms with Gasteiger partial charge in [0.1, 0.15) is 0 Å². The van der Waals surface area contributed by atoms with E-state index in [4.69, 9.17) is 0 Å². The van der Waals surface area contributed by atoms with E-state index in [0.717, 1.165) is 36.1 Å². The highest BCUT2D eigenvalue weighted by Gasteiger charge is 2.25. The highest BCUT2D eigenvalue weighted by atomic mass is 16.2. The first kappa shape index (κ1) is 15.5. The van der Waals surface area contributed by atoms with Crippen LogP contribution in [0.4, 0.5) is 5.69 Å². The molecule has 114 valence electrons. The van der Waals surface area contributed by atoms with E-state index < -0.39 is 11.8 Å². The van der Waals surface area contributed by atoms with Crippen LogP contribution in [0.15, 0.2) is 18.2 Å². The van der Waals surface area contributed by atoms with Crippen LogP contribution in [0.2, 0.25) is 0 Å². The molecule has 1 saturated carbocycles. The first-order valence-corrected chi connectivity index (χ1v) is 7.67. The number of aryl methyl sites for hydroxylation is 2. The SMILES string of the molecule is Cc1cccc(C)c1NC(=O)C(=O)N[C@@H]1CCCC[C@H]1C. The maximum atomic E-state index is 12.1. The zero-order valence-electron chi connectivity index (χ0n) is 13.0. The van der Waals surface area contributed by atoms with Gasteiger partial charge in [0.05, 0.1) is 0 Å². The molecule has 2 atom stereocenters. The fraction of sp³-hybridized carbons (Fsp3) is 0.529. The van der Waals surface area contributed by atoms with Gasteiger partial charge in [0.25, 0.3) is 0 Å². The lowest BCUT2D eigenvalue weighted by molar-refractivity contribution is -0.137. The maximum Gasteiger partial charge on any atom is 0.313 e. The molecule has 0 aromatic heterocycles. The van der Waals surface area contributed by atoms with Gasteiger partial charge in [0, 0.05) is 11.7 Å². The molecule has 1 aromatic rings. The molecule has 0 saturated heterocycles. The zero-order chi connectivity index (χ0) is 15.4. The Morgan fingerprint density at radius 2 is 1.67 bits per heavy atom. The second kappa shape index (κ2) is 6.74. The van der Waals surface area contributed by atoms with Gasteiger partial charge in [-0.3, -0.25) is 9.59 Å². The molecule has 1 aliphatic rings. The summed E-state index contributed by atoms with van der Waals surface area (Å²) < 4.78 is 0. The van der Waals surface area contributed by atoms with Crippen molar-refractivity contribution in [1.82, 2.24) is 5.32 Å². The van der Waals surface area contributed by atoms with Crippen molar-refractivity contribution in [2.24, 2.45) is 5.92 Å². The van der Waals surface area contributed by atoms with Crippen LogP contribution in [0.1, 0.15) is 43.7 Å². The monoisotopic (exact) mass is 288 g/mol. The fourth-order valence-electron chi connectivity index (χ4n) is 2.95. The van der Waals surface area contributed by atoms with Gasteiger partial charge in [-0.2, -0.15) is 0 Å². The lowest BCUT2D eigenvalue weighted by atomic mass is 9.86. The summed E-state index contributed by atoms with van der Waals surface area (Å²) in [4.78, 5) is 24.1. The molecule has 4 nitrogen and oxygen atoms in total. The van der Waals surface area contributed by atoms with Gasteiger partial charge in [-0.15, -0.1) is 0 Å². The Kier molecular flexibility index (Phi) is 4.99. The van der Waals surface area contributed by atoms with Gasteiger partial charge in [-0.05, 0) is 43.7 Å². The molecule has 2 amide bonds. The Morgan fingerprint density at radius 1 is 1.05 bits per heavy atom. The average molecular weight is 288 g/mol. The summed E-state index contributed by atoms with van der Waals surface area (Å²) in [5.74, 6) is -0.669. The molecule has 1 fully saturated rings. The zero-order valence-corrected chi connectivity index (χ0v) is 13.0. The van der Waals surface area contributed by atoms with E-state index in [0.29, 0.717) is 5.92 Å². The van der Waals surface area contributed by atoms with E-state index in [2.05, 4.69) is 17.6 Å². The van der Waals surface area contributed by atoms with Crippen molar-refractivity contribution < 1.29 is 9.59 Å². The summed E-state index contributed by atoms with van der Waals surface area (Å²) in [6, 6.07) is 5.90. The molecule has 0 unspecified atom stereocenters. The largest absolute Gasteiger partial charge is 0.345 e. The third-order valence-corrected chi connectivity index (χ3v) is 4.35. The third kappa shape index (κ3) is 3.84. The van der Waals surface area contributed by atoms with Crippen LogP contribution < -0.4 is 10.6 Å². The normalized spacial score (nSPS) is 21.7. The topological polar surface area (TPSA) is 58.2 Å². The Bertz CT molecular complexity index is 519. The average Bonchev–Trinajstić information content (AvgIpc) is 2.45. The molecule has 4 heteroatoms. The summed E-state index contributed by atoms with van der Waals surface area (Å²) in [6.07, 6.45) is 4.41. The number of hydrogen-bond donors (Lipinski definition) is 2. The molecule has 2 N–H and O–H groups in total. The maximum absolute atomic E-state index is 12.1. The van der Waals surface area contributed by atoms with E-state index in [1.807, 2.05) is 32.0 Å². The molecule has 0 bridgehead atoms. The van der Waals surface area contributed by atoms with Crippen LogP contribution in [0, 0.1) is 19.8 Å². The van der Waals surface area contributed by atoms with Crippen molar-refractivity contribution in [2.45, 2.75) is 52.5 Å². The molecular weight excluding hydrogens is 264 g/mol. The second-order valence-corrected chi connectivity index (χ2v) is 6.06. The molecule has 0 radical (unpaired) electrons. The van der Waals surface area contributed by atoms with Crippen molar-refractivity contribution in [3.63, 3.8) is 0 Å². The summed E-state index contributed by atoms with van der Waals surface area (Å²) in [7, 11) is 0. The van der Waals surface area contributed by atoms with Crippen molar-refractivity contribution in [3.05, 3.63) is 29.3 Å². The minimum atomic E-state index is -0.579. The van der Waals surface area contributed by atoms with E-state index >= 15 is 0 Å². The molecule has 1 aliphatic carbocycles. The van der Waals surface area contributed by atoms with Crippen molar-refractivity contribution in [3.8, 4) is 0 Å². The van der Waals surface area contributed by atoms with Crippen LogP contribution in [0.3, 0.4) is 0 Å². The first-order valence-electron chi connectivity index (χ1n) is 7.67. The third-order valence-electron chi connectivity index (χ3n) is 4.35. The first-order chi connectivity index (χ1) is 9.99. The molecule has 2 rings (SSSR count). The predicted octanol–water partition coefficient (Wildman–Crippen LogP) is 2.94. The molecular formula is C17H24N2O2. The standard InChI is InChI=1S/C17H24N2O2/c1-11-7-4-5-10-14(11)18-16(20)17(21)19-15-12(2)8-6-9-13(15)3/h6,8-9,11,14H,4-5,7,10H2,1-3H3,(H,18,20)(H,19,21)/t11-,14-/m1/s1. The van der Waals surface area contributed by atoms with Crippen molar-refractivity contribution in [1.29, 1.82) is 0 Å². The quantitative estimate of drug-likeness (QED) is 0.822. The minimum absolute atomic E-state index is 0.120.